The molecule has 3 N–H and O–H groups in total. The molecule has 1 unspecified atom stereocenters. The van der Waals surface area contributed by atoms with Crippen molar-refractivity contribution < 1.29 is 14.6 Å². The molecular weight excluding hydrogens is 266 g/mol. The van der Waals surface area contributed by atoms with E-state index in [0.29, 0.717) is 0 Å². The molecule has 1 aromatic carbocycles. The molecule has 0 aromatic heterocycles. The molecular formula is C17H23NO3. The van der Waals surface area contributed by atoms with Crippen LogP contribution in [0.15, 0.2) is 18.2 Å². The third kappa shape index (κ3) is 3.05. The van der Waals surface area contributed by atoms with Crippen LogP contribution in [0.3, 0.4) is 0 Å². The minimum absolute atomic E-state index is 0.0895. The number of fused-ring (bicyclic) bond motifs is 1. The van der Waals surface area contributed by atoms with E-state index in [2.05, 4.69) is 6.07 Å². The van der Waals surface area contributed by atoms with Gasteiger partial charge in [0.05, 0.1) is 13.0 Å². The average molecular weight is 289 g/mol. The van der Waals surface area contributed by atoms with Gasteiger partial charge in [0.15, 0.2) is 0 Å². The van der Waals surface area contributed by atoms with E-state index in [1.54, 1.807) is 0 Å². The largest absolute Gasteiger partial charge is 0.493 e. The molecule has 1 atom stereocenters. The maximum absolute atomic E-state index is 11.2. The summed E-state index contributed by atoms with van der Waals surface area (Å²) in [4.78, 5) is 11.2. The Morgan fingerprint density at radius 2 is 2.14 bits per heavy atom. The Bertz CT molecular complexity index is 535. The van der Waals surface area contributed by atoms with Crippen LogP contribution in [0.25, 0.3) is 0 Å². The third-order valence-electron chi connectivity index (χ3n) is 4.99. The smallest absolute Gasteiger partial charge is 0.303 e. The Labute approximate surface area is 125 Å². The van der Waals surface area contributed by atoms with Gasteiger partial charge >= 0.3 is 5.97 Å². The highest BCUT2D eigenvalue weighted by molar-refractivity contribution is 5.67. The Kier molecular flexibility index (Phi) is 3.89. The van der Waals surface area contributed by atoms with Crippen molar-refractivity contribution in [3.63, 3.8) is 0 Å². The lowest BCUT2D eigenvalue weighted by Crippen LogP contribution is -2.27. The van der Waals surface area contributed by atoms with E-state index in [1.165, 1.54) is 5.56 Å². The Hall–Kier alpha value is -1.55. The molecule has 1 aliphatic carbocycles. The third-order valence-corrected chi connectivity index (χ3v) is 4.99. The SMILES string of the molecule is NC(CC1(CC(=O)O)CCCC1)c1ccc2c(c1)CCO2. The van der Waals surface area contributed by atoms with Crippen LogP contribution in [0.4, 0.5) is 0 Å². The minimum atomic E-state index is -0.702. The van der Waals surface area contributed by atoms with Gasteiger partial charge in [-0.25, -0.2) is 0 Å². The number of carbonyl (C=O) groups is 1. The van der Waals surface area contributed by atoms with E-state index in [0.717, 1.165) is 56.4 Å². The maximum Gasteiger partial charge on any atom is 0.303 e. The van der Waals surface area contributed by atoms with Gasteiger partial charge in [-0.1, -0.05) is 25.0 Å². The van der Waals surface area contributed by atoms with Gasteiger partial charge in [-0.05, 0) is 41.9 Å². The fourth-order valence-electron chi connectivity index (χ4n) is 3.92. The van der Waals surface area contributed by atoms with Gasteiger partial charge < -0.3 is 15.6 Å². The van der Waals surface area contributed by atoms with E-state index in [9.17, 15) is 9.90 Å². The Morgan fingerprint density at radius 3 is 2.86 bits per heavy atom. The first-order valence-electron chi connectivity index (χ1n) is 7.81. The zero-order valence-electron chi connectivity index (χ0n) is 12.3. The first-order chi connectivity index (χ1) is 10.1. The van der Waals surface area contributed by atoms with E-state index >= 15 is 0 Å². The molecule has 0 spiro atoms. The van der Waals surface area contributed by atoms with E-state index in [4.69, 9.17) is 10.5 Å². The molecule has 0 bridgehead atoms. The normalized spacial score (nSPS) is 20.8. The quantitative estimate of drug-likeness (QED) is 0.874. The van der Waals surface area contributed by atoms with Crippen LogP contribution in [0.1, 0.15) is 55.7 Å². The molecule has 1 heterocycles. The van der Waals surface area contributed by atoms with Gasteiger partial charge in [0.1, 0.15) is 5.75 Å². The van der Waals surface area contributed by atoms with Crippen molar-refractivity contribution in [2.24, 2.45) is 11.1 Å². The van der Waals surface area contributed by atoms with Crippen LogP contribution in [0, 0.1) is 5.41 Å². The first-order valence-corrected chi connectivity index (χ1v) is 7.81. The molecule has 0 radical (unpaired) electrons. The summed E-state index contributed by atoms with van der Waals surface area (Å²) in [5.74, 6) is 0.263. The molecule has 1 aliphatic heterocycles. The molecule has 0 amide bonds. The fraction of sp³-hybridized carbons (Fsp3) is 0.588. The van der Waals surface area contributed by atoms with Crippen molar-refractivity contribution in [3.8, 4) is 5.75 Å². The second-order valence-corrected chi connectivity index (χ2v) is 6.55. The summed E-state index contributed by atoms with van der Waals surface area (Å²) < 4.78 is 5.52. The summed E-state index contributed by atoms with van der Waals surface area (Å²) >= 11 is 0. The highest BCUT2D eigenvalue weighted by atomic mass is 16.5. The number of carboxylic acid groups (broad SMARTS) is 1. The Balaban J connectivity index is 1.75. The number of hydrogen-bond acceptors (Lipinski definition) is 3. The molecule has 2 aliphatic rings. The van der Waals surface area contributed by atoms with Crippen molar-refractivity contribution in [3.05, 3.63) is 29.3 Å². The first kappa shape index (κ1) is 14.4. The summed E-state index contributed by atoms with van der Waals surface area (Å²) in [5.41, 5.74) is 8.62. The van der Waals surface area contributed by atoms with Crippen molar-refractivity contribution in [1.82, 2.24) is 0 Å². The highest BCUT2D eigenvalue weighted by Crippen LogP contribution is 2.47. The van der Waals surface area contributed by atoms with Gasteiger partial charge in [-0.2, -0.15) is 0 Å². The summed E-state index contributed by atoms with van der Waals surface area (Å²) in [5, 5.41) is 9.19. The van der Waals surface area contributed by atoms with Crippen LogP contribution in [0.5, 0.6) is 5.75 Å². The molecule has 4 nitrogen and oxygen atoms in total. The lowest BCUT2D eigenvalue weighted by atomic mass is 9.76. The van der Waals surface area contributed by atoms with Gasteiger partial charge in [0.25, 0.3) is 0 Å². The van der Waals surface area contributed by atoms with Crippen molar-refractivity contribution in [1.29, 1.82) is 0 Å². The van der Waals surface area contributed by atoms with Gasteiger partial charge in [-0.3, -0.25) is 4.79 Å². The van der Waals surface area contributed by atoms with E-state index in [1.807, 2.05) is 12.1 Å². The molecule has 1 fully saturated rings. The predicted molar refractivity (Wildman–Crippen MR) is 80.3 cm³/mol. The number of hydrogen-bond donors (Lipinski definition) is 2. The van der Waals surface area contributed by atoms with Crippen LogP contribution >= 0.6 is 0 Å². The van der Waals surface area contributed by atoms with E-state index in [-0.39, 0.29) is 17.9 Å². The molecule has 21 heavy (non-hydrogen) atoms. The number of carboxylic acids is 1. The number of nitrogens with two attached hydrogens (primary N) is 1. The fourth-order valence-corrected chi connectivity index (χ4v) is 3.92. The van der Waals surface area contributed by atoms with Crippen LogP contribution in [-0.4, -0.2) is 17.7 Å². The predicted octanol–water partition coefficient (Wildman–Crippen LogP) is 3.05. The number of benzene rings is 1. The van der Waals surface area contributed by atoms with Gasteiger partial charge in [0.2, 0.25) is 0 Å². The zero-order valence-corrected chi connectivity index (χ0v) is 12.3. The second-order valence-electron chi connectivity index (χ2n) is 6.55. The second kappa shape index (κ2) is 5.68. The Morgan fingerprint density at radius 1 is 1.38 bits per heavy atom. The highest BCUT2D eigenvalue weighted by Gasteiger charge is 2.37. The number of ether oxygens (including phenoxy) is 1. The van der Waals surface area contributed by atoms with Gasteiger partial charge in [0, 0.05) is 12.5 Å². The van der Waals surface area contributed by atoms with Crippen LogP contribution in [-0.2, 0) is 11.2 Å². The summed E-state index contributed by atoms with van der Waals surface area (Å²) in [6, 6.07) is 6.07. The standard InChI is InChI=1S/C17H23NO3/c18-14(10-17(11-16(19)20)6-1-2-7-17)12-3-4-15-13(9-12)5-8-21-15/h3-4,9,14H,1-2,5-8,10-11,18H2,(H,19,20). The molecule has 4 heteroatoms. The monoisotopic (exact) mass is 289 g/mol. The molecule has 1 saturated carbocycles. The van der Waals surface area contributed by atoms with E-state index < -0.39 is 5.97 Å². The van der Waals surface area contributed by atoms with Crippen molar-refractivity contribution in [2.75, 3.05) is 6.61 Å². The van der Waals surface area contributed by atoms with Gasteiger partial charge in [-0.15, -0.1) is 0 Å². The van der Waals surface area contributed by atoms with Crippen molar-refractivity contribution in [2.45, 2.75) is 51.0 Å². The van der Waals surface area contributed by atoms with Crippen molar-refractivity contribution >= 4 is 5.97 Å². The van der Waals surface area contributed by atoms with Crippen LogP contribution < -0.4 is 10.5 Å². The number of rotatable bonds is 5. The lowest BCUT2D eigenvalue weighted by molar-refractivity contribution is -0.139. The molecule has 114 valence electrons. The number of aliphatic carboxylic acids is 1. The average Bonchev–Trinajstić information content (AvgIpc) is 3.06. The lowest BCUT2D eigenvalue weighted by Gasteiger charge is -2.30. The summed E-state index contributed by atoms with van der Waals surface area (Å²) in [6.07, 6.45) is 6.17. The molecule has 1 aromatic rings. The maximum atomic E-state index is 11.2. The summed E-state index contributed by atoms with van der Waals surface area (Å²) in [7, 11) is 0. The van der Waals surface area contributed by atoms with Crippen LogP contribution in [0.2, 0.25) is 0 Å². The molecule has 3 rings (SSSR count). The zero-order chi connectivity index (χ0) is 14.9. The topological polar surface area (TPSA) is 72.6 Å². The summed E-state index contributed by atoms with van der Waals surface area (Å²) in [6.45, 7) is 0.747. The molecule has 0 saturated heterocycles. The minimum Gasteiger partial charge on any atom is -0.493 e.